The molecule has 0 bridgehead atoms. The molecule has 1 rings (SSSR count). The third kappa shape index (κ3) is 35.0. The van der Waals surface area contributed by atoms with Crippen molar-refractivity contribution in [2.75, 3.05) is 13.2 Å². The fourth-order valence-corrected chi connectivity index (χ4v) is 8.23. The standard InChI is InChI=1S/C58H101NO10/c1-4-7-10-13-16-19-22-24-26-28-31-34-37-40-43-46-53(63)69-56-55(65)54(64)52(47-60)68-58(56)67-48-49(50(61)44-41-38-35-32-29-21-18-15-12-9-6-3)59-57(66)51(62)45-42-39-36-33-30-27-25-23-20-17-14-11-8-5-2/h8,11,14,16-17,19-20,22-24,41,44,49-52,54-56,58,60-62,64-65H,4-7,9-10,12-13,15,18,21,25-40,42-43,45-48H2,1-3H3,(H,59,66)/b11-8+,17-14+,19-16+,23-20+,24-22+,44-41+. The van der Waals surface area contributed by atoms with Gasteiger partial charge in [0.25, 0.3) is 0 Å². The molecule has 69 heavy (non-hydrogen) atoms. The van der Waals surface area contributed by atoms with Crippen LogP contribution in [0.5, 0.6) is 0 Å². The predicted octanol–water partition coefficient (Wildman–Crippen LogP) is 12.1. The van der Waals surface area contributed by atoms with Crippen molar-refractivity contribution in [2.24, 2.45) is 0 Å². The van der Waals surface area contributed by atoms with E-state index in [2.05, 4.69) is 74.7 Å². The van der Waals surface area contributed by atoms with E-state index < -0.39 is 67.4 Å². The van der Waals surface area contributed by atoms with Crippen LogP contribution >= 0.6 is 0 Å². The normalized spacial score (nSPS) is 20.4. The molecule has 0 aliphatic carbocycles. The number of esters is 1. The van der Waals surface area contributed by atoms with E-state index in [0.717, 1.165) is 109 Å². The van der Waals surface area contributed by atoms with E-state index in [1.165, 1.54) is 64.2 Å². The zero-order valence-electron chi connectivity index (χ0n) is 43.7. The smallest absolute Gasteiger partial charge is 0.306 e. The van der Waals surface area contributed by atoms with E-state index >= 15 is 0 Å². The van der Waals surface area contributed by atoms with Gasteiger partial charge in [-0.1, -0.05) is 216 Å². The van der Waals surface area contributed by atoms with Crippen molar-refractivity contribution in [1.82, 2.24) is 5.32 Å². The summed E-state index contributed by atoms with van der Waals surface area (Å²) in [4.78, 5) is 26.4. The number of amides is 1. The maximum Gasteiger partial charge on any atom is 0.306 e. The van der Waals surface area contributed by atoms with Gasteiger partial charge in [0.05, 0.1) is 25.4 Å². The second kappa shape index (κ2) is 46.2. The number of unbranched alkanes of at least 4 members (excludes halogenated alkanes) is 24. The molecule has 1 saturated heterocycles. The minimum absolute atomic E-state index is 0.106. The number of carbonyl (C=O) groups excluding carboxylic acids is 2. The molecule has 8 atom stereocenters. The highest BCUT2D eigenvalue weighted by molar-refractivity contribution is 5.80. The Balaban J connectivity index is 2.76. The molecule has 11 heteroatoms. The van der Waals surface area contributed by atoms with Gasteiger partial charge in [-0.3, -0.25) is 9.59 Å². The third-order valence-electron chi connectivity index (χ3n) is 12.7. The number of aliphatic hydroxyl groups is 5. The lowest BCUT2D eigenvalue weighted by Crippen LogP contribution is -2.61. The molecule has 6 N–H and O–H groups in total. The van der Waals surface area contributed by atoms with Crippen molar-refractivity contribution in [3.63, 3.8) is 0 Å². The number of rotatable bonds is 45. The SMILES string of the molecule is CC/C=C/C=C/C=C/CCCCCCCCC(O)C(=O)NC(COC1OC(CO)C(O)C(O)C1OC(=O)CCCCCCCC/C=C/C=C/CCCCC)C(O)/C=C/CCCCCCCCCCC. The van der Waals surface area contributed by atoms with Crippen LogP contribution in [0.1, 0.15) is 220 Å². The average Bonchev–Trinajstić information content (AvgIpc) is 3.34. The maximum absolute atomic E-state index is 13.3. The van der Waals surface area contributed by atoms with E-state index in [1.807, 2.05) is 18.2 Å². The van der Waals surface area contributed by atoms with Crippen LogP contribution in [0, 0.1) is 0 Å². The first-order valence-electron chi connectivity index (χ1n) is 27.8. The lowest BCUT2D eigenvalue weighted by atomic mass is 9.99. The monoisotopic (exact) mass is 972 g/mol. The lowest BCUT2D eigenvalue weighted by Gasteiger charge is -2.41. The fourth-order valence-electron chi connectivity index (χ4n) is 8.23. The largest absolute Gasteiger partial charge is 0.454 e. The van der Waals surface area contributed by atoms with Gasteiger partial charge in [0, 0.05) is 6.42 Å². The molecule has 0 aromatic rings. The van der Waals surface area contributed by atoms with Gasteiger partial charge in [-0.15, -0.1) is 0 Å². The molecule has 1 amide bonds. The second-order valence-electron chi connectivity index (χ2n) is 19.0. The Labute approximate surface area is 420 Å². The minimum Gasteiger partial charge on any atom is -0.454 e. The summed E-state index contributed by atoms with van der Waals surface area (Å²) in [5.41, 5.74) is 0. The molecular formula is C58H101NO10. The Hall–Kier alpha value is -2.90. The Bertz CT molecular complexity index is 1390. The summed E-state index contributed by atoms with van der Waals surface area (Å²) >= 11 is 0. The van der Waals surface area contributed by atoms with Crippen molar-refractivity contribution < 1.29 is 49.3 Å². The summed E-state index contributed by atoms with van der Waals surface area (Å²) in [6.07, 6.45) is 46.6. The van der Waals surface area contributed by atoms with Crippen molar-refractivity contribution in [3.05, 3.63) is 72.9 Å². The van der Waals surface area contributed by atoms with Gasteiger partial charge in [-0.05, 0) is 70.6 Å². The molecule has 0 saturated carbocycles. The Morgan fingerprint density at radius 3 is 1.59 bits per heavy atom. The molecule has 398 valence electrons. The van der Waals surface area contributed by atoms with Crippen molar-refractivity contribution in [2.45, 2.75) is 269 Å². The van der Waals surface area contributed by atoms with Gasteiger partial charge < -0.3 is 45.1 Å². The summed E-state index contributed by atoms with van der Waals surface area (Å²) < 4.78 is 17.5. The van der Waals surface area contributed by atoms with Crippen molar-refractivity contribution in [3.8, 4) is 0 Å². The maximum atomic E-state index is 13.3. The van der Waals surface area contributed by atoms with Gasteiger partial charge in [0.2, 0.25) is 5.91 Å². The molecule has 1 aliphatic rings. The Morgan fingerprint density at radius 2 is 1.04 bits per heavy atom. The molecule has 0 radical (unpaired) electrons. The topological polar surface area (TPSA) is 175 Å². The lowest BCUT2D eigenvalue weighted by molar-refractivity contribution is -0.305. The highest BCUT2D eigenvalue weighted by atomic mass is 16.7. The number of aliphatic hydroxyl groups excluding tert-OH is 5. The molecule has 8 unspecified atom stereocenters. The number of allylic oxidation sites excluding steroid dienone is 11. The van der Waals surface area contributed by atoms with E-state index in [-0.39, 0.29) is 19.4 Å². The van der Waals surface area contributed by atoms with E-state index in [0.29, 0.717) is 12.8 Å². The van der Waals surface area contributed by atoms with E-state index in [4.69, 9.17) is 14.2 Å². The number of hydrogen-bond acceptors (Lipinski definition) is 10. The molecule has 0 spiro atoms. The van der Waals surface area contributed by atoms with Gasteiger partial charge in [0.15, 0.2) is 12.4 Å². The summed E-state index contributed by atoms with van der Waals surface area (Å²) in [5, 5.41) is 56.7. The first-order valence-corrected chi connectivity index (χ1v) is 27.8. The predicted molar refractivity (Wildman–Crippen MR) is 283 cm³/mol. The van der Waals surface area contributed by atoms with Gasteiger partial charge >= 0.3 is 5.97 Å². The quantitative estimate of drug-likeness (QED) is 0.0149. The first kappa shape index (κ1) is 64.1. The average molecular weight is 972 g/mol. The Morgan fingerprint density at radius 1 is 0.580 bits per heavy atom. The number of carbonyl (C=O) groups is 2. The summed E-state index contributed by atoms with van der Waals surface area (Å²) in [6, 6.07) is -1.03. The summed E-state index contributed by atoms with van der Waals surface area (Å²) in [6.45, 7) is 5.58. The molecule has 1 aliphatic heterocycles. The fraction of sp³-hybridized carbons (Fsp3) is 0.759. The van der Waals surface area contributed by atoms with Crippen LogP contribution in [0.25, 0.3) is 0 Å². The van der Waals surface area contributed by atoms with E-state index in [1.54, 1.807) is 6.08 Å². The van der Waals surface area contributed by atoms with Crippen LogP contribution in [-0.2, 0) is 23.8 Å². The van der Waals surface area contributed by atoms with Crippen LogP contribution in [0.2, 0.25) is 0 Å². The van der Waals surface area contributed by atoms with Gasteiger partial charge in [-0.25, -0.2) is 0 Å². The number of hydrogen-bond donors (Lipinski definition) is 6. The van der Waals surface area contributed by atoms with Crippen LogP contribution in [-0.4, -0.2) is 99.6 Å². The molecular weight excluding hydrogens is 871 g/mol. The van der Waals surface area contributed by atoms with Crippen LogP contribution in [0.3, 0.4) is 0 Å². The zero-order valence-corrected chi connectivity index (χ0v) is 43.7. The second-order valence-corrected chi connectivity index (χ2v) is 19.0. The molecule has 0 aromatic heterocycles. The van der Waals surface area contributed by atoms with Crippen molar-refractivity contribution in [1.29, 1.82) is 0 Å². The van der Waals surface area contributed by atoms with Crippen LogP contribution in [0.15, 0.2) is 72.9 Å². The number of nitrogens with one attached hydrogen (secondary N) is 1. The molecule has 0 aromatic carbocycles. The third-order valence-corrected chi connectivity index (χ3v) is 12.7. The molecule has 1 heterocycles. The molecule has 11 nitrogen and oxygen atoms in total. The van der Waals surface area contributed by atoms with Gasteiger partial charge in [0.1, 0.15) is 24.4 Å². The van der Waals surface area contributed by atoms with Crippen LogP contribution in [0.4, 0.5) is 0 Å². The molecule has 1 fully saturated rings. The zero-order chi connectivity index (χ0) is 50.4. The minimum atomic E-state index is -1.62. The first-order chi connectivity index (χ1) is 33.7. The number of ether oxygens (including phenoxy) is 3. The highest BCUT2D eigenvalue weighted by Gasteiger charge is 2.47. The van der Waals surface area contributed by atoms with Crippen molar-refractivity contribution >= 4 is 11.9 Å². The van der Waals surface area contributed by atoms with E-state index in [9.17, 15) is 35.1 Å². The highest BCUT2D eigenvalue weighted by Crippen LogP contribution is 2.26. The Kier molecular flexibility index (Phi) is 42.9. The summed E-state index contributed by atoms with van der Waals surface area (Å²) in [7, 11) is 0. The van der Waals surface area contributed by atoms with Gasteiger partial charge in [-0.2, -0.15) is 0 Å². The van der Waals surface area contributed by atoms with Crippen LogP contribution < -0.4 is 5.32 Å². The summed E-state index contributed by atoms with van der Waals surface area (Å²) in [5.74, 6) is -1.22.